The van der Waals surface area contributed by atoms with Crippen LogP contribution in [0.1, 0.15) is 52.5 Å². The maximum Gasteiger partial charge on any atom is 0.119 e. The van der Waals surface area contributed by atoms with Gasteiger partial charge in [-0.15, -0.1) is 0 Å². The summed E-state index contributed by atoms with van der Waals surface area (Å²) < 4.78 is 5.74. The number of hydrogen-bond acceptors (Lipinski definition) is 3. The summed E-state index contributed by atoms with van der Waals surface area (Å²) in [6, 6.07) is 8.78. The Bertz CT molecular complexity index is 449. The molecule has 22 heavy (non-hydrogen) atoms. The van der Waals surface area contributed by atoms with Crippen LogP contribution in [0.3, 0.4) is 0 Å². The number of aliphatic hydroxyl groups excluding tert-OH is 1. The van der Waals surface area contributed by atoms with Crippen molar-refractivity contribution < 1.29 is 9.84 Å². The van der Waals surface area contributed by atoms with Crippen LogP contribution in [-0.2, 0) is 5.41 Å². The third-order valence-corrected chi connectivity index (χ3v) is 4.55. The molecule has 1 N–H and O–H groups in total. The number of piperidine rings is 1. The normalized spacial score (nSPS) is 21.6. The Morgan fingerprint density at radius 3 is 2.50 bits per heavy atom. The van der Waals surface area contributed by atoms with Gasteiger partial charge in [0.25, 0.3) is 0 Å². The van der Waals surface area contributed by atoms with Gasteiger partial charge in [0.1, 0.15) is 18.5 Å². The van der Waals surface area contributed by atoms with E-state index in [4.69, 9.17) is 4.74 Å². The van der Waals surface area contributed by atoms with Gasteiger partial charge in [0.15, 0.2) is 0 Å². The van der Waals surface area contributed by atoms with Crippen LogP contribution < -0.4 is 4.74 Å². The summed E-state index contributed by atoms with van der Waals surface area (Å²) in [5, 5.41) is 10.2. The third kappa shape index (κ3) is 4.99. The Kier molecular flexibility index (Phi) is 5.87. The lowest BCUT2D eigenvalue weighted by Gasteiger charge is -2.34. The van der Waals surface area contributed by atoms with Crippen molar-refractivity contribution in [1.82, 2.24) is 4.90 Å². The van der Waals surface area contributed by atoms with E-state index in [0.717, 1.165) is 12.3 Å². The number of aliphatic hydroxyl groups is 1. The van der Waals surface area contributed by atoms with Gasteiger partial charge in [-0.05, 0) is 49.4 Å². The number of likely N-dealkylation sites (tertiary alicyclic amines) is 1. The van der Waals surface area contributed by atoms with E-state index in [2.05, 4.69) is 44.7 Å². The summed E-state index contributed by atoms with van der Waals surface area (Å²) in [6.07, 6.45) is 3.36. The molecule has 1 aromatic rings. The number of rotatable bonds is 5. The van der Waals surface area contributed by atoms with Crippen molar-refractivity contribution in [2.75, 3.05) is 19.7 Å². The van der Waals surface area contributed by atoms with Gasteiger partial charge >= 0.3 is 0 Å². The minimum Gasteiger partial charge on any atom is -0.491 e. The molecule has 0 aliphatic carbocycles. The molecule has 2 rings (SSSR count). The number of hydrogen-bond donors (Lipinski definition) is 1. The van der Waals surface area contributed by atoms with Crippen LogP contribution in [0.2, 0.25) is 0 Å². The summed E-state index contributed by atoms with van der Waals surface area (Å²) in [7, 11) is 0. The zero-order valence-corrected chi connectivity index (χ0v) is 14.5. The third-order valence-electron chi connectivity index (χ3n) is 4.55. The molecule has 1 aliphatic rings. The number of nitrogens with zero attached hydrogens (tertiary/aromatic N) is 1. The Balaban J connectivity index is 1.79. The zero-order valence-electron chi connectivity index (χ0n) is 14.5. The first kappa shape index (κ1) is 17.3. The fourth-order valence-corrected chi connectivity index (χ4v) is 3.00. The van der Waals surface area contributed by atoms with E-state index in [0.29, 0.717) is 19.2 Å². The first-order valence-corrected chi connectivity index (χ1v) is 8.52. The van der Waals surface area contributed by atoms with Crippen molar-refractivity contribution in [3.8, 4) is 5.75 Å². The fourth-order valence-electron chi connectivity index (χ4n) is 3.00. The topological polar surface area (TPSA) is 32.7 Å². The second kappa shape index (κ2) is 7.47. The summed E-state index contributed by atoms with van der Waals surface area (Å²) in [4.78, 5) is 2.38. The highest BCUT2D eigenvalue weighted by atomic mass is 16.5. The fraction of sp³-hybridized carbons (Fsp3) is 0.684. The molecule has 0 bridgehead atoms. The number of benzene rings is 1. The Labute approximate surface area is 135 Å². The van der Waals surface area contributed by atoms with E-state index in [1.54, 1.807) is 0 Å². The van der Waals surface area contributed by atoms with Crippen molar-refractivity contribution in [2.24, 2.45) is 0 Å². The second-order valence-electron chi connectivity index (χ2n) is 7.58. The predicted octanol–water partition coefficient (Wildman–Crippen LogP) is 3.60. The largest absolute Gasteiger partial charge is 0.491 e. The molecule has 1 heterocycles. The minimum absolute atomic E-state index is 0.155. The van der Waals surface area contributed by atoms with Crippen molar-refractivity contribution >= 4 is 0 Å². The molecule has 0 spiro atoms. The predicted molar refractivity (Wildman–Crippen MR) is 91.5 cm³/mol. The SMILES string of the molecule is C[C@H]1CCCCN1C[C@H](O)COc1ccc(C(C)(C)C)cc1. The molecule has 2 atom stereocenters. The maximum atomic E-state index is 10.2. The highest BCUT2D eigenvalue weighted by molar-refractivity contribution is 5.31. The summed E-state index contributed by atoms with van der Waals surface area (Å²) in [5.41, 5.74) is 1.45. The highest BCUT2D eigenvalue weighted by Gasteiger charge is 2.21. The highest BCUT2D eigenvalue weighted by Crippen LogP contribution is 2.24. The first-order chi connectivity index (χ1) is 10.4. The smallest absolute Gasteiger partial charge is 0.119 e. The molecule has 1 saturated heterocycles. The monoisotopic (exact) mass is 305 g/mol. The van der Waals surface area contributed by atoms with E-state index < -0.39 is 6.10 Å². The van der Waals surface area contributed by atoms with E-state index in [-0.39, 0.29) is 5.41 Å². The van der Waals surface area contributed by atoms with Gasteiger partial charge in [0.05, 0.1) is 0 Å². The molecule has 0 aromatic heterocycles. The molecular weight excluding hydrogens is 274 g/mol. The van der Waals surface area contributed by atoms with Crippen molar-refractivity contribution in [1.29, 1.82) is 0 Å². The van der Waals surface area contributed by atoms with Gasteiger partial charge in [0.2, 0.25) is 0 Å². The van der Waals surface area contributed by atoms with Crippen molar-refractivity contribution in [2.45, 2.75) is 64.5 Å². The Hall–Kier alpha value is -1.06. The van der Waals surface area contributed by atoms with Gasteiger partial charge in [-0.3, -0.25) is 4.90 Å². The van der Waals surface area contributed by atoms with Gasteiger partial charge in [0, 0.05) is 12.6 Å². The molecule has 3 nitrogen and oxygen atoms in total. The lowest BCUT2D eigenvalue weighted by atomic mass is 9.87. The lowest BCUT2D eigenvalue weighted by molar-refractivity contribution is 0.0438. The van der Waals surface area contributed by atoms with Gasteiger partial charge in [-0.25, -0.2) is 0 Å². The standard InChI is InChI=1S/C19H31NO2/c1-15-7-5-6-12-20(15)13-17(21)14-22-18-10-8-16(9-11-18)19(2,3)4/h8-11,15,17,21H,5-7,12-14H2,1-4H3/t15-,17-/m0/s1. The van der Waals surface area contributed by atoms with Crippen LogP contribution in [0, 0.1) is 0 Å². The van der Waals surface area contributed by atoms with Gasteiger partial charge in [-0.1, -0.05) is 39.3 Å². The van der Waals surface area contributed by atoms with E-state index in [9.17, 15) is 5.11 Å². The van der Waals surface area contributed by atoms with Crippen LogP contribution in [0.4, 0.5) is 0 Å². The molecule has 0 amide bonds. The Morgan fingerprint density at radius 2 is 1.91 bits per heavy atom. The van der Waals surface area contributed by atoms with Crippen LogP contribution in [-0.4, -0.2) is 41.8 Å². The van der Waals surface area contributed by atoms with Crippen LogP contribution in [0.25, 0.3) is 0 Å². The van der Waals surface area contributed by atoms with E-state index in [1.165, 1.54) is 24.8 Å². The Morgan fingerprint density at radius 1 is 1.23 bits per heavy atom. The summed E-state index contributed by atoms with van der Waals surface area (Å²) >= 11 is 0. The van der Waals surface area contributed by atoms with Crippen LogP contribution in [0.15, 0.2) is 24.3 Å². The molecular formula is C19H31NO2. The zero-order chi connectivity index (χ0) is 16.2. The lowest BCUT2D eigenvalue weighted by Crippen LogP contribution is -2.43. The summed E-state index contributed by atoms with van der Waals surface area (Å²) in [6.45, 7) is 11.0. The van der Waals surface area contributed by atoms with E-state index >= 15 is 0 Å². The molecule has 0 radical (unpaired) electrons. The molecule has 0 unspecified atom stereocenters. The van der Waals surface area contributed by atoms with Gasteiger partial charge < -0.3 is 9.84 Å². The molecule has 124 valence electrons. The molecule has 1 fully saturated rings. The molecule has 3 heteroatoms. The van der Waals surface area contributed by atoms with Crippen molar-refractivity contribution in [3.63, 3.8) is 0 Å². The maximum absolute atomic E-state index is 10.2. The molecule has 1 aliphatic heterocycles. The molecule has 0 saturated carbocycles. The van der Waals surface area contributed by atoms with E-state index in [1.807, 2.05) is 12.1 Å². The second-order valence-corrected chi connectivity index (χ2v) is 7.58. The number of ether oxygens (including phenoxy) is 1. The van der Waals surface area contributed by atoms with Crippen LogP contribution >= 0.6 is 0 Å². The quantitative estimate of drug-likeness (QED) is 0.902. The number of β-amino-alcohol motifs (C(OH)–C–C–N with tert-alkyl or cyclic N) is 1. The van der Waals surface area contributed by atoms with Gasteiger partial charge in [-0.2, -0.15) is 0 Å². The minimum atomic E-state index is -0.428. The average molecular weight is 305 g/mol. The average Bonchev–Trinajstić information content (AvgIpc) is 2.47. The van der Waals surface area contributed by atoms with Crippen LogP contribution in [0.5, 0.6) is 5.75 Å². The summed E-state index contributed by atoms with van der Waals surface area (Å²) in [5.74, 6) is 0.832. The molecule has 1 aromatic carbocycles. The first-order valence-electron chi connectivity index (χ1n) is 8.52. The van der Waals surface area contributed by atoms with Crippen molar-refractivity contribution in [3.05, 3.63) is 29.8 Å².